The molecule has 1 aliphatic rings. The molecule has 0 radical (unpaired) electrons. The van der Waals surface area contributed by atoms with Crippen molar-refractivity contribution in [2.45, 2.75) is 51.5 Å². The van der Waals surface area contributed by atoms with Crippen molar-refractivity contribution < 1.29 is 4.42 Å². The summed E-state index contributed by atoms with van der Waals surface area (Å²) < 4.78 is 5.36. The molecule has 1 N–H and O–H groups in total. The molecule has 1 aromatic rings. The largest absolute Gasteiger partial charge is 0.469 e. The average Bonchev–Trinajstić information content (AvgIpc) is 2.81. The van der Waals surface area contributed by atoms with Crippen LogP contribution in [0.25, 0.3) is 0 Å². The Morgan fingerprint density at radius 3 is 2.88 bits per heavy atom. The summed E-state index contributed by atoms with van der Waals surface area (Å²) in [6, 6.07) is 4.54. The van der Waals surface area contributed by atoms with E-state index >= 15 is 0 Å². The molecular formula is C14H23NO. The monoisotopic (exact) mass is 221 g/mol. The SMILES string of the molecule is CC(Cc1ccco1)NCC1CCCCC1. The zero-order valence-corrected chi connectivity index (χ0v) is 10.2. The van der Waals surface area contributed by atoms with Crippen molar-refractivity contribution in [1.29, 1.82) is 0 Å². The van der Waals surface area contributed by atoms with Crippen LogP contribution in [0.3, 0.4) is 0 Å². The quantitative estimate of drug-likeness (QED) is 0.824. The Bertz CT molecular complexity index is 275. The zero-order chi connectivity index (χ0) is 11.2. The van der Waals surface area contributed by atoms with E-state index in [9.17, 15) is 0 Å². The van der Waals surface area contributed by atoms with Gasteiger partial charge in [-0.05, 0) is 44.4 Å². The van der Waals surface area contributed by atoms with Gasteiger partial charge in [0.05, 0.1) is 6.26 Å². The van der Waals surface area contributed by atoms with Gasteiger partial charge in [0, 0.05) is 12.5 Å². The first-order valence-electron chi connectivity index (χ1n) is 6.60. The minimum Gasteiger partial charge on any atom is -0.469 e. The number of hydrogen-bond acceptors (Lipinski definition) is 2. The molecule has 0 bridgehead atoms. The Labute approximate surface area is 98.4 Å². The summed E-state index contributed by atoms with van der Waals surface area (Å²) in [6.45, 7) is 3.42. The molecule has 0 aliphatic heterocycles. The standard InChI is InChI=1S/C14H23NO/c1-12(10-14-8-5-9-16-14)15-11-13-6-3-2-4-7-13/h5,8-9,12-13,15H,2-4,6-7,10-11H2,1H3. The maximum absolute atomic E-state index is 5.36. The molecule has 1 heterocycles. The van der Waals surface area contributed by atoms with E-state index < -0.39 is 0 Å². The summed E-state index contributed by atoms with van der Waals surface area (Å²) in [5, 5.41) is 3.63. The predicted molar refractivity (Wildman–Crippen MR) is 66.5 cm³/mol. The highest BCUT2D eigenvalue weighted by Gasteiger charge is 2.14. The van der Waals surface area contributed by atoms with Crippen molar-refractivity contribution in [1.82, 2.24) is 5.32 Å². The Hall–Kier alpha value is -0.760. The molecule has 0 amide bonds. The molecule has 2 heteroatoms. The van der Waals surface area contributed by atoms with E-state index in [1.54, 1.807) is 6.26 Å². The van der Waals surface area contributed by atoms with Crippen LogP contribution in [0.5, 0.6) is 0 Å². The molecule has 1 unspecified atom stereocenters. The van der Waals surface area contributed by atoms with Crippen molar-refractivity contribution in [2.75, 3.05) is 6.54 Å². The molecule has 1 aromatic heterocycles. The molecule has 0 saturated heterocycles. The van der Waals surface area contributed by atoms with Gasteiger partial charge in [0.2, 0.25) is 0 Å². The second kappa shape index (κ2) is 6.09. The van der Waals surface area contributed by atoms with E-state index in [1.807, 2.05) is 6.07 Å². The summed E-state index contributed by atoms with van der Waals surface area (Å²) in [5.74, 6) is 2.00. The molecule has 2 nitrogen and oxygen atoms in total. The van der Waals surface area contributed by atoms with Gasteiger partial charge in [0.25, 0.3) is 0 Å². The van der Waals surface area contributed by atoms with Crippen LogP contribution in [0.1, 0.15) is 44.8 Å². The maximum Gasteiger partial charge on any atom is 0.105 e. The van der Waals surface area contributed by atoms with Gasteiger partial charge in [-0.25, -0.2) is 0 Å². The lowest BCUT2D eigenvalue weighted by molar-refractivity contribution is 0.326. The number of furan rings is 1. The normalized spacial score (nSPS) is 19.8. The molecule has 16 heavy (non-hydrogen) atoms. The minimum atomic E-state index is 0.521. The molecule has 1 fully saturated rings. The average molecular weight is 221 g/mol. The van der Waals surface area contributed by atoms with Crippen LogP contribution in [0.2, 0.25) is 0 Å². The van der Waals surface area contributed by atoms with Gasteiger partial charge in [0.1, 0.15) is 5.76 Å². The van der Waals surface area contributed by atoms with Gasteiger partial charge < -0.3 is 9.73 Å². The van der Waals surface area contributed by atoms with E-state index in [1.165, 1.54) is 38.6 Å². The van der Waals surface area contributed by atoms with Gasteiger partial charge in [0.15, 0.2) is 0 Å². The van der Waals surface area contributed by atoms with Gasteiger partial charge in [-0.15, -0.1) is 0 Å². The molecule has 1 atom stereocenters. The zero-order valence-electron chi connectivity index (χ0n) is 10.2. The minimum absolute atomic E-state index is 0.521. The lowest BCUT2D eigenvalue weighted by Crippen LogP contribution is -2.33. The molecule has 2 rings (SSSR count). The van der Waals surface area contributed by atoms with Crippen LogP contribution in [0.15, 0.2) is 22.8 Å². The van der Waals surface area contributed by atoms with E-state index in [-0.39, 0.29) is 0 Å². The summed E-state index contributed by atoms with van der Waals surface area (Å²) in [6.07, 6.45) is 9.89. The maximum atomic E-state index is 5.36. The van der Waals surface area contributed by atoms with Crippen molar-refractivity contribution in [3.05, 3.63) is 24.2 Å². The molecular weight excluding hydrogens is 198 g/mol. The smallest absolute Gasteiger partial charge is 0.105 e. The van der Waals surface area contributed by atoms with Gasteiger partial charge in [-0.3, -0.25) is 0 Å². The van der Waals surface area contributed by atoms with E-state index in [2.05, 4.69) is 18.3 Å². The van der Waals surface area contributed by atoms with Crippen molar-refractivity contribution in [3.63, 3.8) is 0 Å². The highest BCUT2D eigenvalue weighted by Crippen LogP contribution is 2.22. The van der Waals surface area contributed by atoms with Crippen molar-refractivity contribution >= 4 is 0 Å². The third kappa shape index (κ3) is 3.67. The predicted octanol–water partition coefficient (Wildman–Crippen LogP) is 3.38. The second-order valence-corrected chi connectivity index (χ2v) is 5.10. The number of hydrogen-bond donors (Lipinski definition) is 1. The third-order valence-corrected chi connectivity index (χ3v) is 3.57. The fourth-order valence-electron chi connectivity index (χ4n) is 2.56. The summed E-state index contributed by atoms with van der Waals surface area (Å²) in [4.78, 5) is 0. The molecule has 1 aliphatic carbocycles. The van der Waals surface area contributed by atoms with Crippen LogP contribution in [0.4, 0.5) is 0 Å². The number of rotatable bonds is 5. The van der Waals surface area contributed by atoms with Crippen LogP contribution in [-0.4, -0.2) is 12.6 Å². The topological polar surface area (TPSA) is 25.2 Å². The first-order chi connectivity index (χ1) is 7.84. The Morgan fingerprint density at radius 2 is 2.19 bits per heavy atom. The van der Waals surface area contributed by atoms with E-state index in [0.29, 0.717) is 6.04 Å². The second-order valence-electron chi connectivity index (χ2n) is 5.10. The van der Waals surface area contributed by atoms with Crippen molar-refractivity contribution in [2.24, 2.45) is 5.92 Å². The fourth-order valence-corrected chi connectivity index (χ4v) is 2.56. The van der Waals surface area contributed by atoms with Crippen molar-refractivity contribution in [3.8, 4) is 0 Å². The molecule has 90 valence electrons. The lowest BCUT2D eigenvalue weighted by Gasteiger charge is -2.23. The summed E-state index contributed by atoms with van der Waals surface area (Å²) in [5.41, 5.74) is 0. The Morgan fingerprint density at radius 1 is 1.38 bits per heavy atom. The van der Waals surface area contributed by atoms with E-state index in [4.69, 9.17) is 4.42 Å². The highest BCUT2D eigenvalue weighted by atomic mass is 16.3. The van der Waals surface area contributed by atoms with Crippen LogP contribution in [-0.2, 0) is 6.42 Å². The highest BCUT2D eigenvalue weighted by molar-refractivity contribution is 4.99. The van der Waals surface area contributed by atoms with Crippen LogP contribution >= 0.6 is 0 Å². The first kappa shape index (κ1) is 11.7. The van der Waals surface area contributed by atoms with Crippen LogP contribution < -0.4 is 5.32 Å². The summed E-state index contributed by atoms with van der Waals surface area (Å²) >= 11 is 0. The third-order valence-electron chi connectivity index (χ3n) is 3.57. The Balaban J connectivity index is 1.65. The molecule has 1 saturated carbocycles. The number of nitrogens with one attached hydrogen (secondary N) is 1. The lowest BCUT2D eigenvalue weighted by atomic mass is 9.89. The van der Waals surface area contributed by atoms with Gasteiger partial charge in [-0.1, -0.05) is 19.3 Å². The van der Waals surface area contributed by atoms with Gasteiger partial charge >= 0.3 is 0 Å². The van der Waals surface area contributed by atoms with Crippen LogP contribution in [0, 0.1) is 5.92 Å². The van der Waals surface area contributed by atoms with E-state index in [0.717, 1.165) is 18.1 Å². The van der Waals surface area contributed by atoms with Gasteiger partial charge in [-0.2, -0.15) is 0 Å². The Kier molecular flexibility index (Phi) is 4.46. The fraction of sp³-hybridized carbons (Fsp3) is 0.714. The summed E-state index contributed by atoms with van der Waals surface area (Å²) in [7, 11) is 0. The molecule has 0 aromatic carbocycles. The molecule has 0 spiro atoms. The first-order valence-corrected chi connectivity index (χ1v) is 6.60.